The lowest BCUT2D eigenvalue weighted by Crippen LogP contribution is -2.61. The average Bonchev–Trinajstić information content (AvgIpc) is 1.82. The quantitative estimate of drug-likeness (QED) is 0.482. The molecular weight excluding hydrogens is 148 g/mol. The van der Waals surface area contributed by atoms with E-state index in [4.69, 9.17) is 10.5 Å². The Kier molecular flexibility index (Phi) is 2.09. The maximum atomic E-state index is 10.5. The summed E-state index contributed by atoms with van der Waals surface area (Å²) in [6.07, 6.45) is 0.706. The van der Waals surface area contributed by atoms with Gasteiger partial charge >= 0.3 is 0 Å². The Bertz CT molecular complexity index is 177. The molecule has 0 spiro atoms. The van der Waals surface area contributed by atoms with E-state index in [-0.39, 0.29) is 6.42 Å². The molecule has 1 aliphatic heterocycles. The SMILES string of the molecule is NC(=O)CC1(NC=O)COC1. The van der Waals surface area contributed by atoms with Crippen molar-refractivity contribution in [2.45, 2.75) is 12.0 Å². The van der Waals surface area contributed by atoms with Gasteiger partial charge in [0.1, 0.15) is 0 Å². The Hall–Kier alpha value is -1.10. The van der Waals surface area contributed by atoms with Crippen LogP contribution in [0.3, 0.4) is 0 Å². The van der Waals surface area contributed by atoms with Crippen LogP contribution in [-0.2, 0) is 14.3 Å². The topological polar surface area (TPSA) is 81.4 Å². The minimum absolute atomic E-state index is 0.145. The van der Waals surface area contributed by atoms with Gasteiger partial charge in [-0.1, -0.05) is 0 Å². The molecule has 0 unspecified atom stereocenters. The second-order valence-corrected chi connectivity index (χ2v) is 2.68. The summed E-state index contributed by atoms with van der Waals surface area (Å²) in [7, 11) is 0. The van der Waals surface area contributed by atoms with Crippen molar-refractivity contribution >= 4 is 12.3 Å². The number of primary amides is 1. The minimum atomic E-state index is -0.520. The van der Waals surface area contributed by atoms with Crippen LogP contribution < -0.4 is 11.1 Å². The Balaban J connectivity index is 2.45. The first kappa shape index (κ1) is 8.00. The van der Waals surface area contributed by atoms with E-state index >= 15 is 0 Å². The molecule has 1 aliphatic rings. The van der Waals surface area contributed by atoms with Crippen molar-refractivity contribution in [1.29, 1.82) is 0 Å². The molecule has 0 bridgehead atoms. The number of nitrogens with two attached hydrogens (primary N) is 1. The van der Waals surface area contributed by atoms with Crippen molar-refractivity contribution < 1.29 is 14.3 Å². The first-order chi connectivity index (χ1) is 5.18. The summed E-state index contributed by atoms with van der Waals surface area (Å²) in [5, 5.41) is 2.52. The molecule has 5 nitrogen and oxygen atoms in total. The molecule has 0 radical (unpaired) electrons. The summed E-state index contributed by atoms with van der Waals surface area (Å²) < 4.78 is 4.86. The van der Waals surface area contributed by atoms with Crippen molar-refractivity contribution in [3.05, 3.63) is 0 Å². The number of hydrogen-bond acceptors (Lipinski definition) is 3. The summed E-state index contributed by atoms with van der Waals surface area (Å²) in [5.41, 5.74) is 4.45. The van der Waals surface area contributed by atoms with Gasteiger partial charge in [0.15, 0.2) is 0 Å². The number of hydrogen-bond donors (Lipinski definition) is 2. The first-order valence-corrected chi connectivity index (χ1v) is 3.26. The smallest absolute Gasteiger partial charge is 0.219 e. The fourth-order valence-electron chi connectivity index (χ4n) is 1.04. The summed E-state index contributed by atoms with van der Waals surface area (Å²) in [6.45, 7) is 0.739. The van der Waals surface area contributed by atoms with E-state index in [0.29, 0.717) is 19.6 Å². The van der Waals surface area contributed by atoms with Crippen molar-refractivity contribution in [2.24, 2.45) is 5.73 Å². The Morgan fingerprint density at radius 3 is 2.64 bits per heavy atom. The molecule has 5 heteroatoms. The zero-order valence-corrected chi connectivity index (χ0v) is 6.00. The number of nitrogens with one attached hydrogen (secondary N) is 1. The summed E-state index contributed by atoms with van der Waals surface area (Å²) in [4.78, 5) is 20.6. The highest BCUT2D eigenvalue weighted by Gasteiger charge is 2.39. The lowest BCUT2D eigenvalue weighted by molar-refractivity contribution is -0.132. The largest absolute Gasteiger partial charge is 0.376 e. The summed E-state index contributed by atoms with van der Waals surface area (Å²) in [5.74, 6) is -0.428. The van der Waals surface area contributed by atoms with Crippen LogP contribution in [-0.4, -0.2) is 31.1 Å². The maximum absolute atomic E-state index is 10.5. The van der Waals surface area contributed by atoms with Gasteiger partial charge in [0.05, 0.1) is 25.2 Å². The van der Waals surface area contributed by atoms with E-state index in [1.165, 1.54) is 0 Å². The standard InChI is InChI=1S/C6H10N2O3/c7-5(10)1-6(8-4-9)2-11-3-6/h4H,1-3H2,(H2,7,10)(H,8,9). The van der Waals surface area contributed by atoms with Gasteiger partial charge in [0.25, 0.3) is 0 Å². The fourth-order valence-corrected chi connectivity index (χ4v) is 1.04. The predicted octanol–water partition coefficient (Wildman–Crippen LogP) is -1.62. The van der Waals surface area contributed by atoms with Gasteiger partial charge < -0.3 is 15.8 Å². The zero-order valence-electron chi connectivity index (χ0n) is 6.00. The molecule has 0 saturated carbocycles. The van der Waals surface area contributed by atoms with E-state index in [0.717, 1.165) is 0 Å². The number of carbonyl (C=O) groups excluding carboxylic acids is 2. The molecule has 1 saturated heterocycles. The van der Waals surface area contributed by atoms with Gasteiger partial charge in [-0.15, -0.1) is 0 Å². The number of ether oxygens (including phenoxy) is 1. The highest BCUT2D eigenvalue weighted by atomic mass is 16.5. The van der Waals surface area contributed by atoms with Gasteiger partial charge in [-0.05, 0) is 0 Å². The summed E-state index contributed by atoms with van der Waals surface area (Å²) in [6, 6.07) is 0. The van der Waals surface area contributed by atoms with Crippen LogP contribution in [0.4, 0.5) is 0 Å². The van der Waals surface area contributed by atoms with Crippen molar-refractivity contribution in [3.63, 3.8) is 0 Å². The summed E-state index contributed by atoms with van der Waals surface area (Å²) >= 11 is 0. The third kappa shape index (κ3) is 1.68. The average molecular weight is 158 g/mol. The number of carbonyl (C=O) groups is 2. The van der Waals surface area contributed by atoms with E-state index in [9.17, 15) is 9.59 Å². The third-order valence-corrected chi connectivity index (χ3v) is 1.63. The van der Waals surface area contributed by atoms with Crippen molar-refractivity contribution in [2.75, 3.05) is 13.2 Å². The molecule has 0 aliphatic carbocycles. The third-order valence-electron chi connectivity index (χ3n) is 1.63. The molecule has 3 N–H and O–H groups in total. The number of rotatable bonds is 4. The van der Waals surface area contributed by atoms with Crippen molar-refractivity contribution in [1.82, 2.24) is 5.32 Å². The molecular formula is C6H10N2O3. The molecule has 0 aromatic carbocycles. The monoisotopic (exact) mass is 158 g/mol. The molecule has 2 amide bonds. The van der Waals surface area contributed by atoms with Crippen LogP contribution in [0.25, 0.3) is 0 Å². The first-order valence-electron chi connectivity index (χ1n) is 3.26. The van der Waals surface area contributed by atoms with Gasteiger partial charge in [-0.3, -0.25) is 9.59 Å². The van der Waals surface area contributed by atoms with Gasteiger partial charge in [-0.25, -0.2) is 0 Å². The van der Waals surface area contributed by atoms with E-state index < -0.39 is 11.4 Å². The molecule has 0 aromatic rings. The van der Waals surface area contributed by atoms with Crippen LogP contribution in [0, 0.1) is 0 Å². The van der Waals surface area contributed by atoms with Crippen molar-refractivity contribution in [3.8, 4) is 0 Å². The van der Waals surface area contributed by atoms with E-state index in [1.807, 2.05) is 0 Å². The normalized spacial score (nSPS) is 20.0. The Morgan fingerprint density at radius 2 is 2.36 bits per heavy atom. The van der Waals surface area contributed by atoms with Gasteiger partial charge in [-0.2, -0.15) is 0 Å². The molecule has 62 valence electrons. The Labute approximate surface area is 63.9 Å². The van der Waals surface area contributed by atoms with Crippen LogP contribution >= 0.6 is 0 Å². The molecule has 1 fully saturated rings. The van der Waals surface area contributed by atoms with E-state index in [1.54, 1.807) is 0 Å². The van der Waals surface area contributed by atoms with Gasteiger partial charge in [0, 0.05) is 0 Å². The van der Waals surface area contributed by atoms with Crippen LogP contribution in [0.15, 0.2) is 0 Å². The highest BCUT2D eigenvalue weighted by Crippen LogP contribution is 2.19. The van der Waals surface area contributed by atoms with Crippen LogP contribution in [0.5, 0.6) is 0 Å². The lowest BCUT2D eigenvalue weighted by atomic mass is 9.93. The van der Waals surface area contributed by atoms with Crippen LogP contribution in [0.2, 0.25) is 0 Å². The Morgan fingerprint density at radius 1 is 1.73 bits per heavy atom. The molecule has 0 aromatic heterocycles. The zero-order chi connectivity index (χ0) is 8.32. The molecule has 0 atom stereocenters. The van der Waals surface area contributed by atoms with Crippen LogP contribution in [0.1, 0.15) is 6.42 Å². The van der Waals surface area contributed by atoms with E-state index in [2.05, 4.69) is 5.32 Å². The second-order valence-electron chi connectivity index (χ2n) is 2.68. The minimum Gasteiger partial charge on any atom is -0.376 e. The fraction of sp³-hybridized carbons (Fsp3) is 0.667. The lowest BCUT2D eigenvalue weighted by Gasteiger charge is -2.39. The van der Waals surface area contributed by atoms with Gasteiger partial charge in [0.2, 0.25) is 12.3 Å². The highest BCUT2D eigenvalue weighted by molar-refractivity contribution is 5.76. The predicted molar refractivity (Wildman–Crippen MR) is 36.6 cm³/mol. The second kappa shape index (κ2) is 2.87. The number of amides is 2. The molecule has 1 rings (SSSR count). The molecule has 11 heavy (non-hydrogen) atoms. The molecule has 1 heterocycles. The maximum Gasteiger partial charge on any atom is 0.219 e.